The Labute approximate surface area is 97.5 Å². The zero-order chi connectivity index (χ0) is 12.2. The predicted octanol–water partition coefficient (Wildman–Crippen LogP) is 2.72. The van der Waals surface area contributed by atoms with E-state index >= 15 is 0 Å². The van der Waals surface area contributed by atoms with Crippen molar-refractivity contribution in [3.63, 3.8) is 0 Å². The predicted molar refractivity (Wildman–Crippen MR) is 62.0 cm³/mol. The highest BCUT2D eigenvalue weighted by molar-refractivity contribution is 5.66. The van der Waals surface area contributed by atoms with Crippen molar-refractivity contribution in [3.8, 4) is 0 Å². The zero-order valence-corrected chi connectivity index (χ0v) is 10.5. The monoisotopic (exact) mass is 226 g/mol. The first-order valence-electron chi connectivity index (χ1n) is 6.17. The van der Waals surface area contributed by atoms with Crippen molar-refractivity contribution in [1.82, 2.24) is 0 Å². The summed E-state index contributed by atoms with van der Waals surface area (Å²) in [5, 5.41) is 0. The molecule has 1 rings (SSSR count). The molecule has 3 heteroatoms. The van der Waals surface area contributed by atoms with Crippen LogP contribution in [0.25, 0.3) is 0 Å². The van der Waals surface area contributed by atoms with Crippen molar-refractivity contribution in [2.24, 2.45) is 11.3 Å². The van der Waals surface area contributed by atoms with Crippen LogP contribution in [0.5, 0.6) is 0 Å². The van der Waals surface area contributed by atoms with Crippen molar-refractivity contribution < 1.29 is 14.3 Å². The van der Waals surface area contributed by atoms with Crippen LogP contribution in [-0.4, -0.2) is 18.4 Å². The molecule has 3 atom stereocenters. The number of hydrogen-bond acceptors (Lipinski definition) is 3. The first kappa shape index (κ1) is 13.2. The van der Waals surface area contributed by atoms with Crippen molar-refractivity contribution in [2.45, 2.75) is 59.0 Å². The molecule has 3 nitrogen and oxygen atoms in total. The molecule has 0 heterocycles. The van der Waals surface area contributed by atoms with Gasteiger partial charge in [-0.25, -0.2) is 0 Å². The third-order valence-electron chi connectivity index (χ3n) is 3.90. The van der Waals surface area contributed by atoms with E-state index in [2.05, 4.69) is 0 Å². The summed E-state index contributed by atoms with van der Waals surface area (Å²) in [5.41, 5.74) is -0.347. The number of aldehydes is 1. The molecule has 0 saturated heterocycles. The van der Waals surface area contributed by atoms with E-state index in [1.165, 1.54) is 6.92 Å². The lowest BCUT2D eigenvalue weighted by Gasteiger charge is -2.40. The van der Waals surface area contributed by atoms with Crippen LogP contribution in [0.1, 0.15) is 52.9 Å². The Kier molecular flexibility index (Phi) is 4.51. The summed E-state index contributed by atoms with van der Waals surface area (Å²) >= 11 is 0. The van der Waals surface area contributed by atoms with Gasteiger partial charge in [-0.15, -0.1) is 0 Å². The van der Waals surface area contributed by atoms with Crippen molar-refractivity contribution in [2.75, 3.05) is 0 Å². The second-order valence-corrected chi connectivity index (χ2v) is 5.02. The molecule has 1 fully saturated rings. The molecule has 0 aliphatic heterocycles. The Balaban J connectivity index is 2.80. The van der Waals surface area contributed by atoms with Gasteiger partial charge in [0.05, 0.1) is 0 Å². The van der Waals surface area contributed by atoms with Gasteiger partial charge in [-0.1, -0.05) is 20.3 Å². The fourth-order valence-corrected chi connectivity index (χ4v) is 2.64. The zero-order valence-electron chi connectivity index (χ0n) is 10.5. The SMILES string of the molecule is CCC(C)(C=O)C1CCCCC1OC(C)=O. The van der Waals surface area contributed by atoms with E-state index in [0.29, 0.717) is 0 Å². The lowest BCUT2D eigenvalue weighted by Crippen LogP contribution is -2.41. The van der Waals surface area contributed by atoms with E-state index in [1.54, 1.807) is 0 Å². The molecular weight excluding hydrogens is 204 g/mol. The minimum Gasteiger partial charge on any atom is -0.462 e. The molecule has 1 aliphatic carbocycles. The van der Waals surface area contributed by atoms with E-state index in [-0.39, 0.29) is 23.4 Å². The van der Waals surface area contributed by atoms with E-state index in [4.69, 9.17) is 4.74 Å². The van der Waals surface area contributed by atoms with Crippen LogP contribution in [0.15, 0.2) is 0 Å². The van der Waals surface area contributed by atoms with Gasteiger partial charge in [0, 0.05) is 18.3 Å². The lowest BCUT2D eigenvalue weighted by molar-refractivity contribution is -0.156. The smallest absolute Gasteiger partial charge is 0.302 e. The molecule has 16 heavy (non-hydrogen) atoms. The van der Waals surface area contributed by atoms with Gasteiger partial charge >= 0.3 is 5.97 Å². The van der Waals surface area contributed by atoms with Gasteiger partial charge in [-0.3, -0.25) is 4.79 Å². The molecule has 0 bridgehead atoms. The van der Waals surface area contributed by atoms with Crippen molar-refractivity contribution in [3.05, 3.63) is 0 Å². The molecular formula is C13H22O3. The van der Waals surface area contributed by atoms with Crippen LogP contribution in [-0.2, 0) is 14.3 Å². The fraction of sp³-hybridized carbons (Fsp3) is 0.846. The van der Waals surface area contributed by atoms with Crippen molar-refractivity contribution in [1.29, 1.82) is 0 Å². The fourth-order valence-electron chi connectivity index (χ4n) is 2.64. The van der Waals surface area contributed by atoms with E-state index < -0.39 is 0 Å². The van der Waals surface area contributed by atoms with Crippen LogP contribution in [0, 0.1) is 11.3 Å². The Hall–Kier alpha value is -0.860. The first-order chi connectivity index (χ1) is 7.53. The molecule has 0 spiro atoms. The summed E-state index contributed by atoms with van der Waals surface area (Å²) in [5.74, 6) is -0.0473. The average Bonchev–Trinajstić information content (AvgIpc) is 2.28. The molecule has 0 aromatic heterocycles. The highest BCUT2D eigenvalue weighted by atomic mass is 16.5. The number of ether oxygens (including phenoxy) is 1. The standard InChI is InChI=1S/C13H22O3/c1-4-13(3,9-14)11-7-5-6-8-12(11)16-10(2)15/h9,11-12H,4-8H2,1-3H3. The second kappa shape index (κ2) is 5.46. The minimum atomic E-state index is -0.347. The maximum Gasteiger partial charge on any atom is 0.302 e. The average molecular weight is 226 g/mol. The van der Waals surface area contributed by atoms with E-state index in [0.717, 1.165) is 38.4 Å². The Bertz CT molecular complexity index is 262. The normalized spacial score (nSPS) is 29.2. The molecule has 1 saturated carbocycles. The van der Waals surface area contributed by atoms with Gasteiger partial charge in [-0.2, -0.15) is 0 Å². The molecule has 1 aliphatic rings. The number of esters is 1. The maximum absolute atomic E-state index is 11.2. The molecule has 0 radical (unpaired) electrons. The lowest BCUT2D eigenvalue weighted by atomic mass is 9.68. The number of hydrogen-bond donors (Lipinski definition) is 0. The van der Waals surface area contributed by atoms with Crippen molar-refractivity contribution >= 4 is 12.3 Å². The maximum atomic E-state index is 11.2. The minimum absolute atomic E-state index is 0.0681. The molecule has 3 unspecified atom stereocenters. The second-order valence-electron chi connectivity index (χ2n) is 5.02. The summed E-state index contributed by atoms with van der Waals surface area (Å²) < 4.78 is 5.36. The molecule has 0 N–H and O–H groups in total. The largest absolute Gasteiger partial charge is 0.462 e. The van der Waals surface area contributed by atoms with Crippen LogP contribution < -0.4 is 0 Å². The molecule has 0 amide bonds. The molecule has 0 aromatic carbocycles. The van der Waals surface area contributed by atoms with E-state index in [9.17, 15) is 9.59 Å². The number of carbonyl (C=O) groups is 2. The Morgan fingerprint density at radius 1 is 1.44 bits per heavy atom. The summed E-state index contributed by atoms with van der Waals surface area (Å²) in [6.07, 6.45) is 5.88. The van der Waals surface area contributed by atoms with Gasteiger partial charge in [0.2, 0.25) is 0 Å². The summed E-state index contributed by atoms with van der Waals surface area (Å²) in [6.45, 7) is 5.44. The molecule has 0 aromatic rings. The summed E-state index contributed by atoms with van der Waals surface area (Å²) in [4.78, 5) is 22.3. The Morgan fingerprint density at radius 2 is 2.06 bits per heavy atom. The first-order valence-corrected chi connectivity index (χ1v) is 6.17. The molecule has 92 valence electrons. The van der Waals surface area contributed by atoms with E-state index in [1.807, 2.05) is 13.8 Å². The van der Waals surface area contributed by atoms with Gasteiger partial charge in [-0.05, 0) is 25.7 Å². The highest BCUT2D eigenvalue weighted by Gasteiger charge is 2.40. The van der Waals surface area contributed by atoms with Gasteiger partial charge in [0.25, 0.3) is 0 Å². The Morgan fingerprint density at radius 3 is 2.56 bits per heavy atom. The summed E-state index contributed by atoms with van der Waals surface area (Å²) in [6, 6.07) is 0. The quantitative estimate of drug-likeness (QED) is 0.547. The topological polar surface area (TPSA) is 43.4 Å². The highest BCUT2D eigenvalue weighted by Crippen LogP contribution is 2.40. The third-order valence-corrected chi connectivity index (χ3v) is 3.90. The van der Waals surface area contributed by atoms with Crippen LogP contribution in [0.3, 0.4) is 0 Å². The van der Waals surface area contributed by atoms with Crippen LogP contribution in [0.4, 0.5) is 0 Å². The third kappa shape index (κ3) is 2.83. The number of carbonyl (C=O) groups excluding carboxylic acids is 2. The van der Waals surface area contributed by atoms with Crippen LogP contribution in [0.2, 0.25) is 0 Å². The van der Waals surface area contributed by atoms with Gasteiger partial charge in [0.15, 0.2) is 0 Å². The van der Waals surface area contributed by atoms with Gasteiger partial charge in [0.1, 0.15) is 12.4 Å². The number of rotatable bonds is 4. The summed E-state index contributed by atoms with van der Waals surface area (Å²) in [7, 11) is 0. The van der Waals surface area contributed by atoms with Gasteiger partial charge < -0.3 is 9.53 Å². The van der Waals surface area contributed by atoms with Crippen LogP contribution >= 0.6 is 0 Å².